The molecular formula is C23H26ClF4N7O2. The van der Waals surface area contributed by atoms with Crippen molar-refractivity contribution in [2.45, 2.75) is 50.9 Å². The number of alkyl halides is 3. The topological polar surface area (TPSA) is 127 Å². The van der Waals surface area contributed by atoms with Crippen LogP contribution in [0.4, 0.5) is 33.7 Å². The molecule has 3 amide bonds. The molecule has 1 fully saturated rings. The minimum atomic E-state index is -4.94. The molecule has 0 aliphatic heterocycles. The summed E-state index contributed by atoms with van der Waals surface area (Å²) in [5.41, 5.74) is 5.82. The van der Waals surface area contributed by atoms with Crippen LogP contribution in [0.2, 0.25) is 0 Å². The minimum absolute atomic E-state index is 0. The van der Waals surface area contributed by atoms with Gasteiger partial charge in [0.2, 0.25) is 0 Å². The molecule has 0 saturated heterocycles. The summed E-state index contributed by atoms with van der Waals surface area (Å²) in [4.78, 5) is 29.8. The highest BCUT2D eigenvalue weighted by Gasteiger charge is 2.34. The highest BCUT2D eigenvalue weighted by Crippen LogP contribution is 2.33. The van der Waals surface area contributed by atoms with Gasteiger partial charge in [-0.05, 0) is 50.8 Å². The second-order valence-electron chi connectivity index (χ2n) is 8.81. The number of halogens is 5. The van der Waals surface area contributed by atoms with Crippen LogP contribution in [0.5, 0.6) is 0 Å². The van der Waals surface area contributed by atoms with Gasteiger partial charge in [-0.15, -0.1) is 12.4 Å². The lowest BCUT2D eigenvalue weighted by atomic mass is 9.91. The molecule has 0 spiro atoms. The number of imide groups is 1. The number of hydrogen-bond acceptors (Lipinski definition) is 6. The van der Waals surface area contributed by atoms with Gasteiger partial charge in [0.05, 0.1) is 27.9 Å². The number of aromatic nitrogens is 3. The average Bonchev–Trinajstić information content (AvgIpc) is 3.09. The van der Waals surface area contributed by atoms with Crippen molar-refractivity contribution >= 4 is 46.8 Å². The molecule has 1 aromatic carbocycles. The van der Waals surface area contributed by atoms with Gasteiger partial charge in [-0.1, -0.05) is 0 Å². The second kappa shape index (κ2) is 10.9. The summed E-state index contributed by atoms with van der Waals surface area (Å²) in [6.45, 7) is 1.77. The first-order valence-corrected chi connectivity index (χ1v) is 11.3. The van der Waals surface area contributed by atoms with Gasteiger partial charge >= 0.3 is 12.2 Å². The Morgan fingerprint density at radius 1 is 1.16 bits per heavy atom. The molecule has 0 unspecified atom stereocenters. The summed E-state index contributed by atoms with van der Waals surface area (Å²) >= 11 is 0. The number of fused-ring (bicyclic) bond motifs is 1. The van der Waals surface area contributed by atoms with E-state index in [1.807, 2.05) is 0 Å². The van der Waals surface area contributed by atoms with E-state index >= 15 is 0 Å². The Balaban J connectivity index is 0.00000380. The van der Waals surface area contributed by atoms with E-state index in [2.05, 4.69) is 26.0 Å². The zero-order chi connectivity index (χ0) is 26.2. The molecule has 14 heteroatoms. The van der Waals surface area contributed by atoms with E-state index in [-0.39, 0.29) is 35.7 Å². The number of hydrogen-bond donors (Lipinski definition) is 4. The molecule has 5 N–H and O–H groups in total. The lowest BCUT2D eigenvalue weighted by Gasteiger charge is -2.28. The lowest BCUT2D eigenvalue weighted by molar-refractivity contribution is -0.139. The number of nitrogens with zero attached hydrogens (tertiary/aromatic N) is 3. The SMILES string of the molecule is Cc1nn(C)c2ncc(C(=O)NC(=O)Nc3ccc(F)c(C(F)(F)F)c3)c(NC3CCC(N)CC3)c12.Cl. The first-order chi connectivity index (χ1) is 16.9. The van der Waals surface area contributed by atoms with Crippen LogP contribution < -0.4 is 21.7 Å². The van der Waals surface area contributed by atoms with Gasteiger partial charge in [-0.25, -0.2) is 14.2 Å². The highest BCUT2D eigenvalue weighted by molar-refractivity contribution is 6.13. The fraction of sp³-hybridized carbons (Fsp3) is 0.391. The van der Waals surface area contributed by atoms with Crippen LogP contribution in [0, 0.1) is 12.7 Å². The van der Waals surface area contributed by atoms with Crippen LogP contribution in [-0.2, 0) is 13.2 Å². The Labute approximate surface area is 215 Å². The molecule has 4 rings (SSSR count). The van der Waals surface area contributed by atoms with Gasteiger partial charge in [-0.2, -0.15) is 18.3 Å². The van der Waals surface area contributed by atoms with Gasteiger partial charge in [-0.3, -0.25) is 14.8 Å². The summed E-state index contributed by atoms with van der Waals surface area (Å²) in [5.74, 6) is -2.30. The van der Waals surface area contributed by atoms with E-state index in [0.717, 1.165) is 31.7 Å². The number of anilines is 2. The third kappa shape index (κ3) is 6.10. The standard InChI is InChI=1S/C23H25F4N7O2.ClH/c1-11-18-19(30-13-5-3-12(28)4-6-13)15(10-29-20(18)34(2)33-11)21(35)32-22(36)31-14-7-8-17(24)16(9-14)23(25,26)27;/h7-10,12-13H,3-6,28H2,1-2H3,(H,29,30)(H2,31,32,35,36);1H. The van der Waals surface area contributed by atoms with E-state index in [0.29, 0.717) is 34.5 Å². The molecule has 0 radical (unpaired) electrons. The molecule has 200 valence electrons. The van der Waals surface area contributed by atoms with Gasteiger partial charge < -0.3 is 16.4 Å². The Morgan fingerprint density at radius 3 is 2.49 bits per heavy atom. The molecule has 0 bridgehead atoms. The molecule has 1 aliphatic rings. The van der Waals surface area contributed by atoms with Crippen LogP contribution in [0.25, 0.3) is 11.0 Å². The fourth-order valence-electron chi connectivity index (χ4n) is 4.35. The largest absolute Gasteiger partial charge is 0.419 e. The normalized spacial score (nSPS) is 17.7. The third-order valence-corrected chi connectivity index (χ3v) is 6.15. The number of nitrogens with two attached hydrogens (primary N) is 1. The van der Waals surface area contributed by atoms with Crippen molar-refractivity contribution in [2.75, 3.05) is 10.6 Å². The molecule has 3 aromatic rings. The Bertz CT molecular complexity index is 1320. The van der Waals surface area contributed by atoms with Crippen molar-refractivity contribution < 1.29 is 27.2 Å². The van der Waals surface area contributed by atoms with Crippen LogP contribution in [0.1, 0.15) is 47.3 Å². The van der Waals surface area contributed by atoms with E-state index in [1.54, 1.807) is 18.7 Å². The number of nitrogens with one attached hydrogen (secondary N) is 3. The van der Waals surface area contributed by atoms with Crippen molar-refractivity contribution in [3.8, 4) is 0 Å². The predicted molar refractivity (Wildman–Crippen MR) is 132 cm³/mol. The minimum Gasteiger partial charge on any atom is -0.381 e. The van der Waals surface area contributed by atoms with Gasteiger partial charge in [0.25, 0.3) is 5.91 Å². The van der Waals surface area contributed by atoms with Crippen LogP contribution in [0.3, 0.4) is 0 Å². The number of carbonyl (C=O) groups is 2. The summed E-state index contributed by atoms with van der Waals surface area (Å²) in [5, 5.41) is 12.6. The number of pyridine rings is 1. The van der Waals surface area contributed by atoms with Crippen molar-refractivity contribution in [3.05, 3.63) is 47.0 Å². The first-order valence-electron chi connectivity index (χ1n) is 11.3. The van der Waals surface area contributed by atoms with Crippen molar-refractivity contribution in [3.63, 3.8) is 0 Å². The number of urea groups is 1. The van der Waals surface area contributed by atoms with Crippen molar-refractivity contribution in [1.82, 2.24) is 20.1 Å². The Kier molecular flexibility index (Phi) is 8.28. The van der Waals surface area contributed by atoms with E-state index < -0.39 is 29.5 Å². The maximum Gasteiger partial charge on any atom is 0.419 e. The second-order valence-corrected chi connectivity index (χ2v) is 8.81. The molecule has 1 saturated carbocycles. The van der Waals surface area contributed by atoms with Crippen molar-refractivity contribution in [1.29, 1.82) is 0 Å². The molecule has 0 atom stereocenters. The molecule has 37 heavy (non-hydrogen) atoms. The highest BCUT2D eigenvalue weighted by atomic mass is 35.5. The Hall–Kier alpha value is -3.45. The molecule has 9 nitrogen and oxygen atoms in total. The third-order valence-electron chi connectivity index (χ3n) is 6.15. The summed E-state index contributed by atoms with van der Waals surface area (Å²) in [7, 11) is 1.72. The zero-order valence-electron chi connectivity index (χ0n) is 19.9. The van der Waals surface area contributed by atoms with E-state index in [1.165, 1.54) is 6.20 Å². The fourth-order valence-corrected chi connectivity index (χ4v) is 4.35. The number of rotatable bonds is 4. The average molecular weight is 544 g/mol. The number of aryl methyl sites for hydroxylation is 2. The number of benzene rings is 1. The summed E-state index contributed by atoms with van der Waals surface area (Å²) in [6, 6.07) is 1.07. The smallest absolute Gasteiger partial charge is 0.381 e. The van der Waals surface area contributed by atoms with E-state index in [9.17, 15) is 27.2 Å². The number of amides is 3. The molecule has 1 aliphatic carbocycles. The maximum atomic E-state index is 13.5. The van der Waals surface area contributed by atoms with Crippen LogP contribution in [-0.4, -0.2) is 38.8 Å². The lowest BCUT2D eigenvalue weighted by Crippen LogP contribution is -2.36. The van der Waals surface area contributed by atoms with Gasteiger partial charge in [0.1, 0.15) is 5.82 Å². The van der Waals surface area contributed by atoms with Crippen molar-refractivity contribution in [2.24, 2.45) is 12.8 Å². The van der Waals surface area contributed by atoms with Crippen LogP contribution in [0.15, 0.2) is 24.4 Å². The van der Waals surface area contributed by atoms with Gasteiger partial charge in [0, 0.05) is 31.0 Å². The predicted octanol–water partition coefficient (Wildman–Crippen LogP) is 4.50. The maximum absolute atomic E-state index is 13.5. The first kappa shape index (κ1) is 28.1. The zero-order valence-corrected chi connectivity index (χ0v) is 20.8. The number of carbonyl (C=O) groups excluding carboxylic acids is 2. The van der Waals surface area contributed by atoms with E-state index in [4.69, 9.17) is 5.73 Å². The molecule has 2 heterocycles. The molecular weight excluding hydrogens is 518 g/mol. The quantitative estimate of drug-likeness (QED) is 0.359. The summed E-state index contributed by atoms with van der Waals surface area (Å²) < 4.78 is 54.0. The molecule has 2 aromatic heterocycles. The van der Waals surface area contributed by atoms with Crippen LogP contribution >= 0.6 is 12.4 Å². The van der Waals surface area contributed by atoms with Gasteiger partial charge in [0.15, 0.2) is 5.65 Å². The Morgan fingerprint density at radius 2 is 1.84 bits per heavy atom. The monoisotopic (exact) mass is 543 g/mol. The summed E-state index contributed by atoms with van der Waals surface area (Å²) in [6.07, 6.45) is -0.419.